The minimum absolute atomic E-state index is 0.0322. The van der Waals surface area contributed by atoms with Crippen molar-refractivity contribution in [2.75, 3.05) is 13.1 Å². The summed E-state index contributed by atoms with van der Waals surface area (Å²) in [6.07, 6.45) is 1.44. The minimum atomic E-state index is -3.77. The second-order valence-electron chi connectivity index (χ2n) is 5.67. The fourth-order valence-electron chi connectivity index (χ4n) is 2.26. The van der Waals surface area contributed by atoms with Crippen molar-refractivity contribution in [3.63, 3.8) is 0 Å². The highest BCUT2D eigenvalue weighted by Crippen LogP contribution is 2.21. The second kappa shape index (κ2) is 9.20. The first-order valence-electron chi connectivity index (χ1n) is 8.36. The molecule has 0 aliphatic carbocycles. The number of hydrogen-bond acceptors (Lipinski definition) is 5. The van der Waals surface area contributed by atoms with Crippen molar-refractivity contribution in [3.8, 4) is 0 Å². The number of nitrogens with one attached hydrogen (secondary N) is 1. The molecule has 0 bridgehead atoms. The minimum Gasteiger partial charge on any atom is -0.351 e. The van der Waals surface area contributed by atoms with Crippen LogP contribution in [0.2, 0.25) is 0 Å². The lowest BCUT2D eigenvalue weighted by Gasteiger charge is -2.20. The van der Waals surface area contributed by atoms with Crippen LogP contribution < -0.4 is 5.32 Å². The molecule has 0 radical (unpaired) electrons. The number of halogens is 1. The maximum absolute atomic E-state index is 13.1. The topological polar surface area (TPSA) is 79.4 Å². The number of nitrogens with zero attached hydrogens (tertiary/aromatic N) is 2. The average molecular weight is 400 g/mol. The first kappa shape index (κ1) is 20.5. The van der Waals surface area contributed by atoms with Gasteiger partial charge in [0.05, 0.1) is 11.4 Å². The van der Waals surface area contributed by atoms with Gasteiger partial charge in [0.2, 0.25) is 10.0 Å². The Morgan fingerprint density at radius 1 is 1.23 bits per heavy atom. The molecule has 0 saturated heterocycles. The molecule has 0 aliphatic rings. The zero-order valence-electron chi connectivity index (χ0n) is 14.7. The van der Waals surface area contributed by atoms with E-state index in [-0.39, 0.29) is 23.0 Å². The van der Waals surface area contributed by atoms with E-state index >= 15 is 0 Å². The molecule has 0 aliphatic heterocycles. The highest BCUT2D eigenvalue weighted by Gasteiger charge is 2.25. The van der Waals surface area contributed by atoms with Gasteiger partial charge in [-0.2, -0.15) is 4.31 Å². The molecule has 0 saturated carbocycles. The van der Waals surface area contributed by atoms with E-state index in [1.54, 1.807) is 5.38 Å². The van der Waals surface area contributed by atoms with Gasteiger partial charge in [-0.1, -0.05) is 13.8 Å². The van der Waals surface area contributed by atoms with Crippen LogP contribution in [0.5, 0.6) is 0 Å². The van der Waals surface area contributed by atoms with Crippen LogP contribution in [0.1, 0.15) is 42.2 Å². The lowest BCUT2D eigenvalue weighted by atomic mass is 10.4. The number of aromatic nitrogens is 1. The molecule has 1 amide bonds. The SMILES string of the molecule is CCCNC(=O)c1csc(CN(CCC)S(=O)(=O)c2ccc(F)cc2)n1. The van der Waals surface area contributed by atoms with Gasteiger partial charge in [-0.25, -0.2) is 17.8 Å². The van der Waals surface area contributed by atoms with E-state index in [1.165, 1.54) is 27.8 Å². The first-order chi connectivity index (χ1) is 12.4. The van der Waals surface area contributed by atoms with Gasteiger partial charge in [0.1, 0.15) is 16.5 Å². The standard InChI is InChI=1S/C17H22FN3O3S2/c1-3-9-19-17(22)15-12-25-16(20-15)11-21(10-4-2)26(23,24)14-7-5-13(18)6-8-14/h5-8,12H,3-4,9-11H2,1-2H3,(H,19,22). The summed E-state index contributed by atoms with van der Waals surface area (Å²) in [6.45, 7) is 4.76. The predicted octanol–water partition coefficient (Wildman–Crippen LogP) is 3.02. The van der Waals surface area contributed by atoms with Gasteiger partial charge in [0.15, 0.2) is 0 Å². The summed E-state index contributed by atoms with van der Waals surface area (Å²) in [5, 5.41) is 4.89. The summed E-state index contributed by atoms with van der Waals surface area (Å²) in [5.41, 5.74) is 0.286. The van der Waals surface area contributed by atoms with Gasteiger partial charge in [-0.15, -0.1) is 11.3 Å². The summed E-state index contributed by atoms with van der Waals surface area (Å²) < 4.78 is 40.0. The van der Waals surface area contributed by atoms with E-state index in [4.69, 9.17) is 0 Å². The molecule has 1 N–H and O–H groups in total. The van der Waals surface area contributed by atoms with E-state index in [1.807, 2.05) is 13.8 Å². The van der Waals surface area contributed by atoms with E-state index in [9.17, 15) is 17.6 Å². The Morgan fingerprint density at radius 3 is 2.54 bits per heavy atom. The van der Waals surface area contributed by atoms with Crippen LogP contribution in [-0.2, 0) is 16.6 Å². The molecular formula is C17H22FN3O3S2. The van der Waals surface area contributed by atoms with Crippen LogP contribution in [-0.4, -0.2) is 36.7 Å². The molecular weight excluding hydrogens is 377 g/mol. The Bertz CT molecular complexity index is 835. The van der Waals surface area contributed by atoms with Crippen LogP contribution >= 0.6 is 11.3 Å². The predicted molar refractivity (Wildman–Crippen MR) is 99.0 cm³/mol. The second-order valence-corrected chi connectivity index (χ2v) is 8.56. The quantitative estimate of drug-likeness (QED) is 0.703. The normalized spacial score (nSPS) is 11.7. The molecule has 2 rings (SSSR count). The van der Waals surface area contributed by atoms with Crippen molar-refractivity contribution in [2.24, 2.45) is 0 Å². The van der Waals surface area contributed by atoms with Crippen LogP contribution in [0.3, 0.4) is 0 Å². The molecule has 0 fully saturated rings. The van der Waals surface area contributed by atoms with Crippen LogP contribution in [0, 0.1) is 5.82 Å². The molecule has 2 aromatic rings. The van der Waals surface area contributed by atoms with Crippen molar-refractivity contribution < 1.29 is 17.6 Å². The number of hydrogen-bond donors (Lipinski definition) is 1. The van der Waals surface area contributed by atoms with Crippen LogP contribution in [0.4, 0.5) is 4.39 Å². The summed E-state index contributed by atoms with van der Waals surface area (Å²) in [6, 6.07) is 4.74. The number of sulfonamides is 1. The average Bonchev–Trinajstić information content (AvgIpc) is 3.08. The highest BCUT2D eigenvalue weighted by atomic mass is 32.2. The Labute approximate surface area is 157 Å². The van der Waals surface area contributed by atoms with E-state index in [0.717, 1.165) is 18.6 Å². The number of benzene rings is 1. The zero-order valence-corrected chi connectivity index (χ0v) is 16.4. The van der Waals surface area contributed by atoms with Gasteiger partial charge < -0.3 is 5.32 Å². The third-order valence-electron chi connectivity index (χ3n) is 3.56. The molecule has 1 aromatic carbocycles. The molecule has 26 heavy (non-hydrogen) atoms. The van der Waals surface area contributed by atoms with Crippen molar-refractivity contribution in [1.82, 2.24) is 14.6 Å². The Hall–Kier alpha value is -1.84. The summed E-state index contributed by atoms with van der Waals surface area (Å²) in [5.74, 6) is -0.758. The number of amides is 1. The first-order valence-corrected chi connectivity index (χ1v) is 10.7. The van der Waals surface area contributed by atoms with Gasteiger partial charge in [-0.05, 0) is 37.1 Å². The number of carbonyl (C=O) groups excluding carboxylic acids is 1. The van der Waals surface area contributed by atoms with Gasteiger partial charge in [-0.3, -0.25) is 4.79 Å². The molecule has 0 atom stereocenters. The summed E-state index contributed by atoms with van der Waals surface area (Å²) in [7, 11) is -3.77. The Balaban J connectivity index is 2.19. The van der Waals surface area contributed by atoms with Gasteiger partial charge in [0.25, 0.3) is 5.91 Å². The van der Waals surface area contributed by atoms with Crippen LogP contribution in [0.25, 0.3) is 0 Å². The molecule has 1 aromatic heterocycles. The number of carbonyl (C=O) groups is 1. The van der Waals surface area contributed by atoms with Crippen molar-refractivity contribution >= 4 is 27.3 Å². The van der Waals surface area contributed by atoms with E-state index in [2.05, 4.69) is 10.3 Å². The fraction of sp³-hybridized carbons (Fsp3) is 0.412. The monoisotopic (exact) mass is 399 g/mol. The molecule has 0 spiro atoms. The third kappa shape index (κ3) is 5.09. The summed E-state index contributed by atoms with van der Waals surface area (Å²) in [4.78, 5) is 16.2. The smallest absolute Gasteiger partial charge is 0.270 e. The Morgan fingerprint density at radius 2 is 1.92 bits per heavy atom. The largest absolute Gasteiger partial charge is 0.351 e. The van der Waals surface area contributed by atoms with Crippen molar-refractivity contribution in [2.45, 2.75) is 38.1 Å². The molecule has 6 nitrogen and oxygen atoms in total. The maximum atomic E-state index is 13.1. The third-order valence-corrected chi connectivity index (χ3v) is 6.25. The zero-order chi connectivity index (χ0) is 19.2. The molecule has 0 unspecified atom stereocenters. The fourth-order valence-corrected chi connectivity index (χ4v) is 4.62. The maximum Gasteiger partial charge on any atom is 0.270 e. The highest BCUT2D eigenvalue weighted by molar-refractivity contribution is 7.89. The van der Waals surface area contributed by atoms with Gasteiger partial charge in [0, 0.05) is 18.5 Å². The van der Waals surface area contributed by atoms with E-state index in [0.29, 0.717) is 24.5 Å². The Kier molecular flexibility index (Phi) is 7.24. The number of thiazole rings is 1. The van der Waals surface area contributed by atoms with Crippen molar-refractivity contribution in [3.05, 3.63) is 46.2 Å². The molecule has 1 heterocycles. The van der Waals surface area contributed by atoms with Crippen LogP contribution in [0.15, 0.2) is 34.5 Å². The summed E-state index contributed by atoms with van der Waals surface area (Å²) >= 11 is 1.24. The number of rotatable bonds is 9. The van der Waals surface area contributed by atoms with Crippen molar-refractivity contribution in [1.29, 1.82) is 0 Å². The molecule has 142 valence electrons. The molecule has 9 heteroatoms. The van der Waals surface area contributed by atoms with E-state index < -0.39 is 15.8 Å². The van der Waals surface area contributed by atoms with Gasteiger partial charge >= 0.3 is 0 Å². The lowest BCUT2D eigenvalue weighted by Crippen LogP contribution is -2.31. The lowest BCUT2D eigenvalue weighted by molar-refractivity contribution is 0.0949.